The van der Waals surface area contributed by atoms with E-state index < -0.39 is 0 Å². The Morgan fingerprint density at radius 2 is 2.05 bits per heavy atom. The third kappa shape index (κ3) is 3.57. The summed E-state index contributed by atoms with van der Waals surface area (Å²) in [6, 6.07) is 7.19. The van der Waals surface area contributed by atoms with E-state index in [1.165, 1.54) is 0 Å². The zero-order chi connectivity index (χ0) is 14.5. The van der Waals surface area contributed by atoms with E-state index in [0.717, 1.165) is 5.56 Å². The first-order valence-electron chi connectivity index (χ1n) is 6.42. The van der Waals surface area contributed by atoms with Gasteiger partial charge in [0.15, 0.2) is 0 Å². The van der Waals surface area contributed by atoms with Crippen LogP contribution in [0.25, 0.3) is 11.4 Å². The van der Waals surface area contributed by atoms with E-state index in [0.29, 0.717) is 36.1 Å². The third-order valence-corrected chi connectivity index (χ3v) is 3.28. The van der Waals surface area contributed by atoms with Gasteiger partial charge in [0, 0.05) is 37.0 Å². The van der Waals surface area contributed by atoms with Gasteiger partial charge in [-0.2, -0.15) is 4.98 Å². The molecule has 0 aliphatic heterocycles. The van der Waals surface area contributed by atoms with Crippen LogP contribution in [0, 0.1) is 0 Å². The quantitative estimate of drug-likeness (QED) is 0.850. The minimum absolute atomic E-state index is 0.0683. The molecule has 2 aromatic rings. The van der Waals surface area contributed by atoms with Crippen molar-refractivity contribution in [1.29, 1.82) is 0 Å². The normalized spacial score (nSPS) is 10.6. The zero-order valence-corrected chi connectivity index (χ0v) is 12.2. The summed E-state index contributed by atoms with van der Waals surface area (Å²) >= 11 is 5.83. The number of carbonyl (C=O) groups is 1. The first-order valence-corrected chi connectivity index (χ1v) is 6.80. The van der Waals surface area contributed by atoms with E-state index in [-0.39, 0.29) is 5.91 Å². The molecular weight excluding hydrogens is 278 g/mol. The van der Waals surface area contributed by atoms with E-state index in [9.17, 15) is 4.79 Å². The highest BCUT2D eigenvalue weighted by Gasteiger charge is 2.12. The lowest BCUT2D eigenvalue weighted by Gasteiger charge is -2.12. The lowest BCUT2D eigenvalue weighted by atomic mass is 10.2. The molecule has 2 rings (SSSR count). The first-order chi connectivity index (χ1) is 9.60. The Labute approximate surface area is 122 Å². The summed E-state index contributed by atoms with van der Waals surface area (Å²) in [5.41, 5.74) is 0.835. The average Bonchev–Trinajstić information content (AvgIpc) is 2.93. The van der Waals surface area contributed by atoms with Crippen LogP contribution < -0.4 is 0 Å². The molecule has 0 fully saturated rings. The number of amides is 1. The second kappa shape index (κ2) is 6.52. The van der Waals surface area contributed by atoms with Crippen molar-refractivity contribution in [3.63, 3.8) is 0 Å². The number of rotatable bonds is 5. The second-order valence-corrected chi connectivity index (χ2v) is 4.86. The number of halogens is 1. The summed E-state index contributed by atoms with van der Waals surface area (Å²) in [6.07, 6.45) is 0.816. The Balaban J connectivity index is 1.99. The van der Waals surface area contributed by atoms with Crippen molar-refractivity contribution in [2.45, 2.75) is 19.8 Å². The fraction of sp³-hybridized carbons (Fsp3) is 0.357. The van der Waals surface area contributed by atoms with Crippen molar-refractivity contribution >= 4 is 17.5 Å². The smallest absolute Gasteiger partial charge is 0.227 e. The standard InChI is InChI=1S/C14H16ClN3O2/c1-3-18(2)13(19)9-8-12-16-14(17-20-12)10-4-6-11(15)7-5-10/h4-7H,3,8-9H2,1-2H3. The Morgan fingerprint density at radius 3 is 2.70 bits per heavy atom. The summed E-state index contributed by atoms with van der Waals surface area (Å²) in [4.78, 5) is 17.6. The van der Waals surface area contributed by atoms with E-state index in [1.54, 1.807) is 24.1 Å². The molecule has 0 aliphatic rings. The van der Waals surface area contributed by atoms with Crippen molar-refractivity contribution in [3.05, 3.63) is 35.2 Å². The largest absolute Gasteiger partial charge is 0.346 e. The maximum Gasteiger partial charge on any atom is 0.227 e. The van der Waals surface area contributed by atoms with Gasteiger partial charge in [-0.1, -0.05) is 16.8 Å². The van der Waals surface area contributed by atoms with Crippen LogP contribution in [-0.4, -0.2) is 34.5 Å². The van der Waals surface area contributed by atoms with Gasteiger partial charge in [-0.3, -0.25) is 4.79 Å². The molecule has 0 unspecified atom stereocenters. The molecule has 0 spiro atoms. The van der Waals surface area contributed by atoms with E-state index in [1.807, 2.05) is 19.1 Å². The number of carbonyl (C=O) groups excluding carboxylic acids is 1. The van der Waals surface area contributed by atoms with E-state index in [2.05, 4.69) is 10.1 Å². The molecule has 1 aromatic carbocycles. The summed E-state index contributed by atoms with van der Waals surface area (Å²) in [5.74, 6) is 1.04. The van der Waals surface area contributed by atoms with Gasteiger partial charge >= 0.3 is 0 Å². The Hall–Kier alpha value is -1.88. The minimum Gasteiger partial charge on any atom is -0.346 e. The van der Waals surface area contributed by atoms with Crippen LogP contribution >= 0.6 is 11.6 Å². The Kier molecular flexibility index (Phi) is 4.74. The molecule has 0 saturated heterocycles. The van der Waals surface area contributed by atoms with Crippen LogP contribution in [0.4, 0.5) is 0 Å². The summed E-state index contributed by atoms with van der Waals surface area (Å²) in [6.45, 7) is 2.63. The SMILES string of the molecule is CCN(C)C(=O)CCc1nc(-c2ccc(Cl)cc2)no1. The fourth-order valence-corrected chi connectivity index (χ4v) is 1.78. The lowest BCUT2D eigenvalue weighted by molar-refractivity contribution is -0.129. The highest BCUT2D eigenvalue weighted by atomic mass is 35.5. The van der Waals surface area contributed by atoms with Gasteiger partial charge in [-0.05, 0) is 31.2 Å². The molecule has 5 nitrogen and oxygen atoms in total. The number of nitrogens with zero attached hydrogens (tertiary/aromatic N) is 3. The maximum atomic E-state index is 11.7. The van der Waals surface area contributed by atoms with Gasteiger partial charge in [0.05, 0.1) is 0 Å². The van der Waals surface area contributed by atoms with Crippen molar-refractivity contribution in [3.8, 4) is 11.4 Å². The van der Waals surface area contributed by atoms with E-state index >= 15 is 0 Å². The van der Waals surface area contributed by atoms with Crippen molar-refractivity contribution in [1.82, 2.24) is 15.0 Å². The van der Waals surface area contributed by atoms with Gasteiger partial charge in [-0.15, -0.1) is 0 Å². The highest BCUT2D eigenvalue weighted by Crippen LogP contribution is 2.19. The van der Waals surface area contributed by atoms with Crippen molar-refractivity contribution in [2.24, 2.45) is 0 Å². The van der Waals surface area contributed by atoms with Gasteiger partial charge in [0.25, 0.3) is 0 Å². The van der Waals surface area contributed by atoms with E-state index in [4.69, 9.17) is 16.1 Å². The molecule has 1 amide bonds. The predicted octanol–water partition coefficient (Wildman–Crippen LogP) is 2.80. The van der Waals surface area contributed by atoms with Crippen molar-refractivity contribution in [2.75, 3.05) is 13.6 Å². The highest BCUT2D eigenvalue weighted by molar-refractivity contribution is 6.30. The minimum atomic E-state index is 0.0683. The predicted molar refractivity (Wildman–Crippen MR) is 76.4 cm³/mol. The van der Waals surface area contributed by atoms with Crippen LogP contribution in [0.5, 0.6) is 0 Å². The van der Waals surface area contributed by atoms with Crippen LogP contribution in [0.15, 0.2) is 28.8 Å². The summed E-state index contributed by atoms with van der Waals surface area (Å²) < 4.78 is 5.15. The van der Waals surface area contributed by atoms with Crippen LogP contribution in [-0.2, 0) is 11.2 Å². The molecular formula is C14H16ClN3O2. The molecule has 106 valence electrons. The zero-order valence-electron chi connectivity index (χ0n) is 11.5. The Morgan fingerprint density at radius 1 is 1.35 bits per heavy atom. The molecule has 1 aromatic heterocycles. The second-order valence-electron chi connectivity index (χ2n) is 4.43. The Bertz CT molecular complexity index is 580. The number of aryl methyl sites for hydroxylation is 1. The molecule has 0 atom stereocenters. The van der Waals surface area contributed by atoms with Gasteiger partial charge in [0.2, 0.25) is 17.6 Å². The molecule has 0 saturated carbocycles. The molecule has 6 heteroatoms. The summed E-state index contributed by atoms with van der Waals surface area (Å²) in [5, 5.41) is 4.56. The monoisotopic (exact) mass is 293 g/mol. The van der Waals surface area contributed by atoms with Gasteiger partial charge < -0.3 is 9.42 Å². The van der Waals surface area contributed by atoms with Crippen LogP contribution in [0.2, 0.25) is 5.02 Å². The van der Waals surface area contributed by atoms with Crippen LogP contribution in [0.1, 0.15) is 19.2 Å². The molecule has 0 aliphatic carbocycles. The molecule has 0 radical (unpaired) electrons. The third-order valence-electron chi connectivity index (χ3n) is 3.02. The van der Waals surface area contributed by atoms with Crippen LogP contribution in [0.3, 0.4) is 0 Å². The molecule has 1 heterocycles. The number of hydrogen-bond donors (Lipinski definition) is 0. The fourth-order valence-electron chi connectivity index (χ4n) is 1.65. The summed E-state index contributed by atoms with van der Waals surface area (Å²) in [7, 11) is 1.77. The number of aromatic nitrogens is 2. The van der Waals surface area contributed by atoms with Gasteiger partial charge in [0.1, 0.15) is 0 Å². The van der Waals surface area contributed by atoms with Gasteiger partial charge in [-0.25, -0.2) is 0 Å². The lowest BCUT2D eigenvalue weighted by Crippen LogP contribution is -2.26. The number of benzene rings is 1. The topological polar surface area (TPSA) is 59.2 Å². The average molecular weight is 294 g/mol. The number of hydrogen-bond acceptors (Lipinski definition) is 4. The molecule has 20 heavy (non-hydrogen) atoms. The van der Waals surface area contributed by atoms with Crippen molar-refractivity contribution < 1.29 is 9.32 Å². The first kappa shape index (κ1) is 14.5. The molecule has 0 N–H and O–H groups in total. The molecule has 0 bridgehead atoms. The maximum absolute atomic E-state index is 11.7.